The number of carboxylic acids is 4. The van der Waals surface area contributed by atoms with Crippen LogP contribution in [0.25, 0.3) is 0 Å². The minimum atomic E-state index is -1.22. The van der Waals surface area contributed by atoms with Gasteiger partial charge < -0.3 is 25.7 Å². The molecule has 0 aromatic rings. The number of amides is 1. The Hall–Kier alpha value is -2.77. The lowest BCUT2D eigenvalue weighted by Crippen LogP contribution is -2.47. The third kappa shape index (κ3) is 15.2. The first-order chi connectivity index (χ1) is 13.9. The molecule has 172 valence electrons. The van der Waals surface area contributed by atoms with Crippen LogP contribution in [0.15, 0.2) is 0 Å². The number of carbonyl (C=O) groups excluding carboxylic acids is 1. The van der Waals surface area contributed by atoms with E-state index in [1.807, 2.05) is 0 Å². The van der Waals surface area contributed by atoms with Crippen LogP contribution >= 0.6 is 0 Å². The van der Waals surface area contributed by atoms with Gasteiger partial charge in [-0.25, -0.2) is 0 Å². The Labute approximate surface area is 173 Å². The number of carboxylic acid groups (broad SMARTS) is 4. The molecule has 30 heavy (non-hydrogen) atoms. The van der Waals surface area contributed by atoms with Crippen molar-refractivity contribution in [1.29, 1.82) is 0 Å². The van der Waals surface area contributed by atoms with E-state index < -0.39 is 50.1 Å². The molecule has 0 rings (SSSR count). The fourth-order valence-corrected chi connectivity index (χ4v) is 2.60. The zero-order valence-electron chi connectivity index (χ0n) is 17.1. The number of aliphatic carboxylic acids is 4. The summed E-state index contributed by atoms with van der Waals surface area (Å²) < 4.78 is 0. The van der Waals surface area contributed by atoms with Crippen molar-refractivity contribution in [2.45, 2.75) is 19.9 Å². The van der Waals surface area contributed by atoms with Gasteiger partial charge >= 0.3 is 23.9 Å². The fourth-order valence-electron chi connectivity index (χ4n) is 2.60. The van der Waals surface area contributed by atoms with Gasteiger partial charge in [-0.15, -0.1) is 0 Å². The molecule has 0 radical (unpaired) electrons. The van der Waals surface area contributed by atoms with Crippen molar-refractivity contribution < 1.29 is 44.4 Å². The molecule has 0 aliphatic rings. The van der Waals surface area contributed by atoms with Gasteiger partial charge in [0.2, 0.25) is 5.91 Å². The number of rotatable bonds is 17. The van der Waals surface area contributed by atoms with E-state index in [0.29, 0.717) is 0 Å². The fraction of sp³-hybridized carbons (Fsp3) is 0.706. The van der Waals surface area contributed by atoms with Gasteiger partial charge in [-0.3, -0.25) is 38.7 Å². The van der Waals surface area contributed by atoms with Crippen LogP contribution in [0.2, 0.25) is 0 Å². The van der Waals surface area contributed by atoms with Crippen LogP contribution in [-0.4, -0.2) is 130 Å². The number of carbonyl (C=O) groups is 5. The maximum absolute atomic E-state index is 11.9. The first kappa shape index (κ1) is 27.2. The summed E-state index contributed by atoms with van der Waals surface area (Å²) in [7, 11) is 0. The molecular formula is C17H30N4O9. The maximum Gasteiger partial charge on any atom is 0.317 e. The first-order valence-corrected chi connectivity index (χ1v) is 9.22. The van der Waals surface area contributed by atoms with Crippen molar-refractivity contribution in [3.05, 3.63) is 0 Å². The van der Waals surface area contributed by atoms with Crippen LogP contribution in [0.3, 0.4) is 0 Å². The molecule has 0 unspecified atom stereocenters. The van der Waals surface area contributed by atoms with E-state index in [2.05, 4.69) is 5.32 Å². The van der Waals surface area contributed by atoms with Crippen LogP contribution in [0, 0.1) is 0 Å². The molecular weight excluding hydrogens is 404 g/mol. The summed E-state index contributed by atoms with van der Waals surface area (Å²) >= 11 is 0. The molecule has 13 nitrogen and oxygen atoms in total. The Balaban J connectivity index is 4.97. The SMILES string of the molecule is CC(C)NC(=O)CN(CCN(CCN(CC(=O)O)CC(=O)O)CC(=O)O)CC(=O)O. The van der Waals surface area contributed by atoms with E-state index in [4.69, 9.17) is 20.4 Å². The molecule has 0 fully saturated rings. The standard InChI is InChI=1S/C17H30N4O9/c1-12(2)18-13(22)7-20(9-15(25)26)5-3-19(8-14(23)24)4-6-21(10-16(27)28)11-17(29)30/h12H,3-11H2,1-2H3,(H,18,22)(H,23,24)(H,25,26)(H,27,28)(H,29,30). The molecule has 0 heterocycles. The van der Waals surface area contributed by atoms with Crippen molar-refractivity contribution in [2.75, 3.05) is 58.9 Å². The second-order valence-corrected chi connectivity index (χ2v) is 6.99. The Morgan fingerprint density at radius 3 is 1.23 bits per heavy atom. The molecule has 13 heteroatoms. The van der Waals surface area contributed by atoms with Gasteiger partial charge in [-0.05, 0) is 13.8 Å². The summed E-state index contributed by atoms with van der Waals surface area (Å²) in [5.74, 6) is -5.11. The average molecular weight is 434 g/mol. The van der Waals surface area contributed by atoms with E-state index in [1.165, 1.54) is 9.80 Å². The second kappa shape index (κ2) is 14.3. The number of hydrogen-bond acceptors (Lipinski definition) is 8. The molecule has 0 saturated carbocycles. The van der Waals surface area contributed by atoms with Gasteiger partial charge in [-0.1, -0.05) is 0 Å². The van der Waals surface area contributed by atoms with Gasteiger partial charge in [-0.2, -0.15) is 0 Å². The summed E-state index contributed by atoms with van der Waals surface area (Å²) in [6, 6.07) is -0.123. The first-order valence-electron chi connectivity index (χ1n) is 9.22. The van der Waals surface area contributed by atoms with Crippen LogP contribution in [0.5, 0.6) is 0 Å². The summed E-state index contributed by atoms with van der Waals surface area (Å²) in [6.45, 7) is 1.65. The Kier molecular flexibility index (Phi) is 12.9. The lowest BCUT2D eigenvalue weighted by atomic mass is 10.3. The highest BCUT2D eigenvalue weighted by Gasteiger charge is 2.19. The summed E-state index contributed by atoms with van der Waals surface area (Å²) in [6.07, 6.45) is 0. The largest absolute Gasteiger partial charge is 0.480 e. The highest BCUT2D eigenvalue weighted by molar-refractivity contribution is 5.79. The van der Waals surface area contributed by atoms with Gasteiger partial charge in [0.25, 0.3) is 0 Å². The molecule has 0 spiro atoms. The van der Waals surface area contributed by atoms with E-state index in [-0.39, 0.29) is 44.7 Å². The number of hydrogen-bond donors (Lipinski definition) is 5. The normalized spacial score (nSPS) is 11.3. The topological polar surface area (TPSA) is 188 Å². The Morgan fingerprint density at radius 1 is 0.600 bits per heavy atom. The van der Waals surface area contributed by atoms with Crippen molar-refractivity contribution in [1.82, 2.24) is 20.0 Å². The zero-order chi connectivity index (χ0) is 23.3. The molecule has 0 saturated heterocycles. The Bertz CT molecular complexity index is 596. The van der Waals surface area contributed by atoms with Crippen molar-refractivity contribution in [2.24, 2.45) is 0 Å². The minimum absolute atomic E-state index is 0.0152. The summed E-state index contributed by atoms with van der Waals surface area (Å²) in [5, 5.41) is 38.5. The average Bonchev–Trinajstić information content (AvgIpc) is 2.54. The lowest BCUT2D eigenvalue weighted by molar-refractivity contribution is -0.143. The van der Waals surface area contributed by atoms with Crippen molar-refractivity contribution >= 4 is 29.8 Å². The van der Waals surface area contributed by atoms with E-state index in [1.54, 1.807) is 13.8 Å². The third-order valence-electron chi connectivity index (χ3n) is 3.72. The van der Waals surface area contributed by atoms with Gasteiger partial charge in [0.15, 0.2) is 0 Å². The van der Waals surface area contributed by atoms with Gasteiger partial charge in [0, 0.05) is 32.2 Å². The molecule has 0 aliphatic heterocycles. The molecule has 1 amide bonds. The van der Waals surface area contributed by atoms with E-state index in [0.717, 1.165) is 4.90 Å². The quantitative estimate of drug-likeness (QED) is 0.166. The van der Waals surface area contributed by atoms with E-state index in [9.17, 15) is 24.0 Å². The number of nitrogens with zero attached hydrogens (tertiary/aromatic N) is 3. The molecule has 0 aliphatic carbocycles. The predicted molar refractivity (Wildman–Crippen MR) is 103 cm³/mol. The maximum atomic E-state index is 11.9. The van der Waals surface area contributed by atoms with Crippen LogP contribution < -0.4 is 5.32 Å². The number of nitrogens with one attached hydrogen (secondary N) is 1. The highest BCUT2D eigenvalue weighted by Crippen LogP contribution is 1.97. The molecule has 0 bridgehead atoms. The summed E-state index contributed by atoms with van der Waals surface area (Å²) in [5.41, 5.74) is 0. The van der Waals surface area contributed by atoms with Crippen LogP contribution in [0.1, 0.15) is 13.8 Å². The molecule has 0 aromatic carbocycles. The monoisotopic (exact) mass is 434 g/mol. The molecule has 5 N–H and O–H groups in total. The molecule has 0 aromatic heterocycles. The predicted octanol–water partition coefficient (Wildman–Crippen LogP) is -2.24. The zero-order valence-corrected chi connectivity index (χ0v) is 17.1. The van der Waals surface area contributed by atoms with Crippen LogP contribution in [0.4, 0.5) is 0 Å². The highest BCUT2D eigenvalue weighted by atomic mass is 16.4. The Morgan fingerprint density at radius 2 is 0.900 bits per heavy atom. The van der Waals surface area contributed by atoms with E-state index >= 15 is 0 Å². The second-order valence-electron chi connectivity index (χ2n) is 6.99. The van der Waals surface area contributed by atoms with Crippen molar-refractivity contribution in [3.63, 3.8) is 0 Å². The van der Waals surface area contributed by atoms with Crippen LogP contribution in [-0.2, 0) is 24.0 Å². The third-order valence-corrected chi connectivity index (χ3v) is 3.72. The van der Waals surface area contributed by atoms with Gasteiger partial charge in [0.05, 0.1) is 32.7 Å². The minimum Gasteiger partial charge on any atom is -0.480 e. The van der Waals surface area contributed by atoms with Gasteiger partial charge in [0.1, 0.15) is 0 Å². The van der Waals surface area contributed by atoms with Crippen molar-refractivity contribution in [3.8, 4) is 0 Å². The summed E-state index contributed by atoms with van der Waals surface area (Å²) in [4.78, 5) is 59.7. The smallest absolute Gasteiger partial charge is 0.317 e. The molecule has 0 atom stereocenters. The lowest BCUT2D eigenvalue weighted by Gasteiger charge is -2.27.